The average Bonchev–Trinajstić information content (AvgIpc) is 2.55. The number of unbranched alkanes of at least 4 members (excludes halogenated alkanes) is 4. The number of hydrogen-bond acceptors (Lipinski definition) is 2. The molecule has 0 bridgehead atoms. The molecule has 1 saturated heterocycles. The zero-order chi connectivity index (χ0) is 15.8. The molecule has 1 aromatic carbocycles. The van der Waals surface area contributed by atoms with E-state index < -0.39 is 0 Å². The molecule has 2 nitrogen and oxygen atoms in total. The molecule has 0 amide bonds. The highest BCUT2D eigenvalue weighted by molar-refractivity contribution is 7.80. The van der Waals surface area contributed by atoms with E-state index >= 15 is 0 Å². The Hall–Kier alpha value is -0.930. The Morgan fingerprint density at radius 1 is 1.18 bits per heavy atom. The molecule has 1 heterocycles. The summed E-state index contributed by atoms with van der Waals surface area (Å²) in [7, 11) is 0. The summed E-state index contributed by atoms with van der Waals surface area (Å²) in [4.78, 5) is 3.21. The van der Waals surface area contributed by atoms with Crippen LogP contribution in [0.2, 0.25) is 0 Å². The molecule has 1 aliphatic rings. The minimum Gasteiger partial charge on any atom is -0.370 e. The van der Waals surface area contributed by atoms with Gasteiger partial charge in [-0.25, -0.2) is 0 Å². The lowest BCUT2D eigenvalue weighted by Crippen LogP contribution is -2.40. The fraction of sp³-hybridized carbons (Fsp3) is 0.632. The summed E-state index contributed by atoms with van der Waals surface area (Å²) in [5, 5.41) is 0. The highest BCUT2D eigenvalue weighted by Gasteiger charge is 2.21. The Balaban J connectivity index is 1.82. The molecule has 1 aliphatic heterocycles. The summed E-state index contributed by atoms with van der Waals surface area (Å²) in [5.74, 6) is 0. The lowest BCUT2D eigenvalue weighted by atomic mass is 10.0. The molecule has 22 heavy (non-hydrogen) atoms. The zero-order valence-corrected chi connectivity index (χ0v) is 14.8. The first-order valence-electron chi connectivity index (χ1n) is 8.66. The van der Waals surface area contributed by atoms with E-state index in [0.717, 1.165) is 24.7 Å². The summed E-state index contributed by atoms with van der Waals surface area (Å²) < 4.78 is 5.91. The number of rotatable bonds is 7. The van der Waals surface area contributed by atoms with Crippen LogP contribution in [0.1, 0.15) is 63.2 Å². The summed E-state index contributed by atoms with van der Waals surface area (Å²) >= 11 is 5.29. The summed E-state index contributed by atoms with van der Waals surface area (Å²) in [6.07, 6.45) is 8.06. The molecular weight excluding hydrogens is 290 g/mol. The van der Waals surface area contributed by atoms with Crippen LogP contribution in [0.25, 0.3) is 0 Å². The molecule has 1 unspecified atom stereocenters. The van der Waals surface area contributed by atoms with Gasteiger partial charge in [0, 0.05) is 13.1 Å². The van der Waals surface area contributed by atoms with Crippen molar-refractivity contribution >= 4 is 17.2 Å². The van der Waals surface area contributed by atoms with E-state index in [0.29, 0.717) is 0 Å². The minimum atomic E-state index is 0.158. The Labute approximate surface area is 140 Å². The van der Waals surface area contributed by atoms with Crippen molar-refractivity contribution < 1.29 is 4.74 Å². The Bertz CT molecular complexity index is 457. The molecule has 1 atom stereocenters. The second kappa shape index (κ2) is 9.26. The van der Waals surface area contributed by atoms with Crippen molar-refractivity contribution in [3.05, 3.63) is 35.4 Å². The standard InChI is InChI=1S/C19H29NOS/c1-3-4-5-6-7-8-17-9-11-18(12-10-17)19-15-20(16(2)22)13-14-21-19/h9-12,19H,3-8,13-15H2,1-2H3. The normalized spacial score (nSPS) is 18.5. The van der Waals surface area contributed by atoms with E-state index in [9.17, 15) is 0 Å². The summed E-state index contributed by atoms with van der Waals surface area (Å²) in [6, 6.07) is 8.99. The largest absolute Gasteiger partial charge is 0.370 e. The SMILES string of the molecule is CCCCCCCc1ccc(C2CN(C(C)=S)CCO2)cc1. The van der Waals surface area contributed by atoms with Crippen molar-refractivity contribution in [3.8, 4) is 0 Å². The first-order valence-corrected chi connectivity index (χ1v) is 9.07. The molecule has 122 valence electrons. The van der Waals surface area contributed by atoms with E-state index in [4.69, 9.17) is 17.0 Å². The topological polar surface area (TPSA) is 12.5 Å². The van der Waals surface area contributed by atoms with Crippen LogP contribution in [0.5, 0.6) is 0 Å². The number of morpholine rings is 1. The first kappa shape index (κ1) is 17.4. The van der Waals surface area contributed by atoms with Crippen molar-refractivity contribution in [2.24, 2.45) is 0 Å². The summed E-state index contributed by atoms with van der Waals surface area (Å²) in [6.45, 7) is 6.82. The quantitative estimate of drug-likeness (QED) is 0.523. The van der Waals surface area contributed by atoms with Gasteiger partial charge in [-0.05, 0) is 30.9 Å². The Morgan fingerprint density at radius 3 is 2.59 bits per heavy atom. The van der Waals surface area contributed by atoms with E-state index in [-0.39, 0.29) is 6.10 Å². The van der Waals surface area contributed by atoms with E-state index in [1.54, 1.807) is 0 Å². The van der Waals surface area contributed by atoms with Gasteiger partial charge in [0.25, 0.3) is 0 Å². The van der Waals surface area contributed by atoms with Crippen molar-refractivity contribution in [1.82, 2.24) is 4.90 Å². The molecule has 0 aliphatic carbocycles. The first-order chi connectivity index (χ1) is 10.7. The van der Waals surface area contributed by atoms with Gasteiger partial charge in [0.05, 0.1) is 11.6 Å². The van der Waals surface area contributed by atoms with Crippen LogP contribution in [0.4, 0.5) is 0 Å². The van der Waals surface area contributed by atoms with Crippen molar-refractivity contribution in [3.63, 3.8) is 0 Å². The van der Waals surface area contributed by atoms with Gasteiger partial charge in [-0.1, -0.05) is 69.1 Å². The predicted molar refractivity (Wildman–Crippen MR) is 97.4 cm³/mol. The van der Waals surface area contributed by atoms with Crippen LogP contribution in [0.15, 0.2) is 24.3 Å². The van der Waals surface area contributed by atoms with Gasteiger partial charge in [0.1, 0.15) is 6.10 Å². The van der Waals surface area contributed by atoms with Crippen molar-refractivity contribution in [1.29, 1.82) is 0 Å². The predicted octanol–water partition coefficient (Wildman–Crippen LogP) is 4.92. The average molecular weight is 320 g/mol. The fourth-order valence-electron chi connectivity index (χ4n) is 2.97. The molecule has 3 heteroatoms. The van der Waals surface area contributed by atoms with Crippen LogP contribution >= 0.6 is 12.2 Å². The van der Waals surface area contributed by atoms with E-state index in [2.05, 4.69) is 36.1 Å². The highest BCUT2D eigenvalue weighted by Crippen LogP contribution is 2.23. The number of nitrogens with zero attached hydrogens (tertiary/aromatic N) is 1. The molecule has 0 saturated carbocycles. The molecule has 0 N–H and O–H groups in total. The van der Waals surface area contributed by atoms with Gasteiger partial charge in [-0.2, -0.15) is 0 Å². The lowest BCUT2D eigenvalue weighted by Gasteiger charge is -2.34. The molecule has 0 radical (unpaired) electrons. The van der Waals surface area contributed by atoms with Gasteiger partial charge in [0.2, 0.25) is 0 Å². The second-order valence-electron chi connectivity index (χ2n) is 6.23. The van der Waals surface area contributed by atoms with Gasteiger partial charge >= 0.3 is 0 Å². The Morgan fingerprint density at radius 2 is 1.91 bits per heavy atom. The molecule has 2 rings (SSSR count). The van der Waals surface area contributed by atoms with Gasteiger partial charge in [-0.15, -0.1) is 0 Å². The smallest absolute Gasteiger partial charge is 0.100 e. The molecule has 1 aromatic rings. The number of hydrogen-bond donors (Lipinski definition) is 0. The number of aryl methyl sites for hydroxylation is 1. The van der Waals surface area contributed by atoms with E-state index in [1.165, 1.54) is 49.7 Å². The number of benzene rings is 1. The van der Waals surface area contributed by atoms with Crippen LogP contribution in [-0.2, 0) is 11.2 Å². The number of ether oxygens (including phenoxy) is 1. The lowest BCUT2D eigenvalue weighted by molar-refractivity contribution is -0.00629. The second-order valence-corrected chi connectivity index (χ2v) is 6.82. The van der Waals surface area contributed by atoms with Crippen molar-refractivity contribution in [2.75, 3.05) is 19.7 Å². The van der Waals surface area contributed by atoms with Gasteiger partial charge < -0.3 is 9.64 Å². The monoisotopic (exact) mass is 319 g/mol. The summed E-state index contributed by atoms with van der Waals surface area (Å²) in [5.41, 5.74) is 2.72. The third kappa shape index (κ3) is 5.36. The third-order valence-corrected chi connectivity index (χ3v) is 4.69. The number of thiocarbonyl (C=S) groups is 1. The van der Waals surface area contributed by atoms with Gasteiger partial charge in [-0.3, -0.25) is 0 Å². The minimum absolute atomic E-state index is 0.158. The molecule has 0 aromatic heterocycles. The van der Waals surface area contributed by atoms with Crippen LogP contribution in [0.3, 0.4) is 0 Å². The van der Waals surface area contributed by atoms with E-state index in [1.807, 2.05) is 6.92 Å². The fourth-order valence-corrected chi connectivity index (χ4v) is 3.13. The van der Waals surface area contributed by atoms with Crippen LogP contribution < -0.4 is 0 Å². The zero-order valence-electron chi connectivity index (χ0n) is 14.0. The van der Waals surface area contributed by atoms with Crippen LogP contribution in [0, 0.1) is 0 Å². The molecular formula is C19H29NOS. The third-order valence-electron chi connectivity index (χ3n) is 4.43. The maximum absolute atomic E-state index is 5.91. The van der Waals surface area contributed by atoms with Crippen LogP contribution in [-0.4, -0.2) is 29.6 Å². The Kier molecular flexibility index (Phi) is 7.34. The molecule has 1 fully saturated rings. The van der Waals surface area contributed by atoms with Crippen molar-refractivity contribution in [2.45, 2.75) is 58.5 Å². The van der Waals surface area contributed by atoms with Gasteiger partial charge in [0.15, 0.2) is 0 Å². The highest BCUT2D eigenvalue weighted by atomic mass is 32.1. The molecule has 0 spiro atoms. The maximum Gasteiger partial charge on any atom is 0.100 e. The maximum atomic E-state index is 5.91.